The molecular formula is C54H34N4. The highest BCUT2D eigenvalue weighted by molar-refractivity contribution is 6.31. The van der Waals surface area contributed by atoms with Gasteiger partial charge >= 0.3 is 0 Å². The van der Waals surface area contributed by atoms with Crippen LogP contribution in [0.15, 0.2) is 205 Å². The minimum absolute atomic E-state index is 0.423. The molecule has 13 rings (SSSR count). The number of anilines is 6. The van der Waals surface area contributed by atoms with Crippen molar-refractivity contribution in [2.24, 2.45) is 0 Å². The van der Waals surface area contributed by atoms with Crippen molar-refractivity contribution >= 4 is 110 Å². The van der Waals surface area contributed by atoms with Crippen molar-refractivity contribution in [3.8, 4) is 0 Å². The molecule has 0 radical (unpaired) electrons. The first kappa shape index (κ1) is 13.1. The summed E-state index contributed by atoms with van der Waals surface area (Å²) in [6.45, 7) is 0. The number of hydrogen-bond acceptors (Lipinski definition) is 2. The molecular weight excluding hydrogens is 705 g/mol. The Bertz CT molecular complexity index is 5110. The standard InChI is InChI=1S/C54H34N4/c1-5-17-35(18-6-1)55(36-19-7-2-8-20-36)45-29-15-31-47-51(45)41-27-13-25-39-43-34-50-44(33-49(43)57(47)53(39)41)40-26-14-28-42-52-46(30-16-32-48(52)58(50)54(40)42)56(37-21-9-3-10-22-37)38-23-11-4-12-24-38/h1-34H/i1D,2D,3D,4D,5D,6D,7D,8D,9D,10D,11D,12D,13D,14D,15D,16D,17D,18D,19D,20D,21D,22D,23D,24D,25D,26D,27D,28D,29D,30D,31D,32D,33D,34D. The fourth-order valence-electron chi connectivity index (χ4n) is 7.83. The van der Waals surface area contributed by atoms with Crippen molar-refractivity contribution < 1.29 is 46.6 Å². The summed E-state index contributed by atoms with van der Waals surface area (Å²) in [7, 11) is 0. The van der Waals surface area contributed by atoms with Crippen LogP contribution in [0.5, 0.6) is 0 Å². The number of para-hydroxylation sites is 6. The van der Waals surface area contributed by atoms with Crippen LogP contribution in [0.2, 0.25) is 0 Å². The summed E-state index contributed by atoms with van der Waals surface area (Å²) in [6, 6.07) is -34.0. The zero-order valence-corrected chi connectivity index (χ0v) is 28.8. The molecule has 0 fully saturated rings. The fourth-order valence-corrected chi connectivity index (χ4v) is 7.83. The zero-order chi connectivity index (χ0) is 67.5. The first-order valence-corrected chi connectivity index (χ1v) is 17.2. The Kier molecular flexibility index (Phi) is 2.68. The smallest absolute Gasteiger partial charge is 0.0653 e. The first-order valence-electron chi connectivity index (χ1n) is 34.2. The normalized spacial score (nSPS) is 20.3. The van der Waals surface area contributed by atoms with Gasteiger partial charge in [-0.15, -0.1) is 0 Å². The lowest BCUT2D eigenvalue weighted by Gasteiger charge is -2.26. The highest BCUT2D eigenvalue weighted by Gasteiger charge is 2.26. The summed E-state index contributed by atoms with van der Waals surface area (Å²) >= 11 is 0. The lowest BCUT2D eigenvalue weighted by molar-refractivity contribution is 1.29. The van der Waals surface area contributed by atoms with Crippen LogP contribution in [-0.4, -0.2) is 8.80 Å². The number of hydrogen-bond donors (Lipinski definition) is 0. The zero-order valence-electron chi connectivity index (χ0n) is 62.8. The average Bonchev–Trinajstić information content (AvgIpc) is 1.48. The van der Waals surface area contributed by atoms with Gasteiger partial charge in [0.25, 0.3) is 0 Å². The molecule has 0 unspecified atom stereocenters. The van der Waals surface area contributed by atoms with Gasteiger partial charge in [0.05, 0.1) is 91.1 Å². The van der Waals surface area contributed by atoms with Crippen molar-refractivity contribution in [1.29, 1.82) is 0 Å². The van der Waals surface area contributed by atoms with Gasteiger partial charge in [-0.05, 0) is 84.6 Å². The summed E-state index contributed by atoms with van der Waals surface area (Å²) in [5, 5.41) is -4.33. The summed E-state index contributed by atoms with van der Waals surface area (Å²) < 4.78 is 314. The minimum atomic E-state index is -1.08. The molecule has 0 saturated heterocycles. The predicted molar refractivity (Wildman–Crippen MR) is 245 cm³/mol. The van der Waals surface area contributed by atoms with Gasteiger partial charge in [0.15, 0.2) is 0 Å². The third kappa shape index (κ3) is 4.18. The monoisotopic (exact) mass is 772 g/mol. The van der Waals surface area contributed by atoms with Crippen LogP contribution < -0.4 is 9.80 Å². The molecule has 270 valence electrons. The SMILES string of the molecule is [2H]c1c([2H])c([2H])c(N(c2c([2H])c([2H])c([2H])c([2H])c2[2H])c2c([2H])c([2H])c([2H])c3c2c2c([2H])c([2H])c([2H])c4c5c([2H])c6c(c([2H])c5n3c24)c2c([2H])c([2H])c([2H])c3c4c(N(c5c([2H])c([2H])c([2H])c([2H])c5[2H])c5c([2H])c([2H])c([2H])c([2H])c5[2H])c([2H])c([2H])c([2H])c4n6c32)c([2H])c1[2H]. The van der Waals surface area contributed by atoms with E-state index in [4.69, 9.17) is 16.4 Å². The van der Waals surface area contributed by atoms with Gasteiger partial charge in [0.1, 0.15) is 0 Å². The maximum absolute atomic E-state index is 10.4. The summed E-state index contributed by atoms with van der Waals surface area (Å²) in [5.41, 5.74) is -8.79. The van der Waals surface area contributed by atoms with E-state index in [1.165, 1.54) is 0 Å². The summed E-state index contributed by atoms with van der Waals surface area (Å²) in [4.78, 5) is 1.05. The van der Waals surface area contributed by atoms with Crippen molar-refractivity contribution in [2.75, 3.05) is 9.80 Å². The average molecular weight is 773 g/mol. The van der Waals surface area contributed by atoms with Crippen LogP contribution in [0, 0.1) is 0 Å². The number of benzene rings is 9. The lowest BCUT2D eigenvalue weighted by Crippen LogP contribution is -2.10. The molecule has 13 aromatic rings. The third-order valence-electron chi connectivity index (χ3n) is 9.96. The number of aromatic nitrogens is 2. The first-order chi connectivity index (χ1) is 43.0. The molecule has 0 bridgehead atoms. The molecule has 4 heteroatoms. The van der Waals surface area contributed by atoms with Gasteiger partial charge in [0.2, 0.25) is 0 Å². The molecule has 58 heavy (non-hydrogen) atoms. The number of rotatable bonds is 6. The van der Waals surface area contributed by atoms with Crippen LogP contribution in [0.4, 0.5) is 34.1 Å². The van der Waals surface area contributed by atoms with Crippen LogP contribution in [0.1, 0.15) is 46.6 Å². The molecule has 0 N–H and O–H groups in total. The molecule has 0 atom stereocenters. The highest BCUT2D eigenvalue weighted by Crippen LogP contribution is 2.49. The Labute approximate surface area is 381 Å². The molecule has 0 aliphatic heterocycles. The van der Waals surface area contributed by atoms with Crippen molar-refractivity contribution in [3.05, 3.63) is 205 Å². The summed E-state index contributed by atoms with van der Waals surface area (Å²) in [5.74, 6) is 0. The van der Waals surface area contributed by atoms with Crippen molar-refractivity contribution in [1.82, 2.24) is 8.80 Å². The second-order valence-electron chi connectivity index (χ2n) is 12.8. The topological polar surface area (TPSA) is 15.3 Å². The van der Waals surface area contributed by atoms with Gasteiger partial charge in [-0.2, -0.15) is 0 Å². The van der Waals surface area contributed by atoms with E-state index >= 15 is 0 Å². The van der Waals surface area contributed by atoms with Crippen LogP contribution in [0.25, 0.3) is 76.2 Å². The van der Waals surface area contributed by atoms with Gasteiger partial charge in [-0.25, -0.2) is 0 Å². The van der Waals surface area contributed by atoms with Crippen LogP contribution in [0.3, 0.4) is 0 Å². The van der Waals surface area contributed by atoms with Crippen LogP contribution >= 0.6 is 0 Å². The van der Waals surface area contributed by atoms with Gasteiger partial charge in [-0.3, -0.25) is 0 Å². The van der Waals surface area contributed by atoms with Gasteiger partial charge in [-0.1, -0.05) is 121 Å². The minimum Gasteiger partial charge on any atom is -0.310 e. The number of nitrogens with zero attached hydrogens (tertiary/aromatic N) is 4. The molecule has 0 amide bonds. The third-order valence-corrected chi connectivity index (χ3v) is 9.96. The second kappa shape index (κ2) is 11.8. The molecule has 4 nitrogen and oxygen atoms in total. The Morgan fingerprint density at radius 2 is 0.621 bits per heavy atom. The lowest BCUT2D eigenvalue weighted by atomic mass is 10.0. The molecule has 0 aliphatic rings. The van der Waals surface area contributed by atoms with E-state index in [2.05, 4.69) is 0 Å². The van der Waals surface area contributed by atoms with E-state index in [0.29, 0.717) is 9.80 Å². The fraction of sp³-hybridized carbons (Fsp3) is 0. The van der Waals surface area contributed by atoms with E-state index in [1.54, 1.807) is 0 Å². The van der Waals surface area contributed by atoms with Gasteiger partial charge in [0, 0.05) is 65.8 Å². The quantitative estimate of drug-likeness (QED) is 0.167. The van der Waals surface area contributed by atoms with E-state index in [0.717, 1.165) is 8.80 Å². The van der Waals surface area contributed by atoms with Crippen molar-refractivity contribution in [2.45, 2.75) is 0 Å². The maximum Gasteiger partial charge on any atom is 0.0653 e. The Balaban J connectivity index is 1.29. The van der Waals surface area contributed by atoms with E-state index in [-0.39, 0.29) is 0 Å². The van der Waals surface area contributed by atoms with Gasteiger partial charge < -0.3 is 18.6 Å². The summed E-state index contributed by atoms with van der Waals surface area (Å²) in [6.07, 6.45) is 0. The van der Waals surface area contributed by atoms with E-state index in [9.17, 15) is 30.2 Å². The van der Waals surface area contributed by atoms with E-state index < -0.39 is 316 Å². The van der Waals surface area contributed by atoms with Crippen LogP contribution in [-0.2, 0) is 0 Å². The largest absolute Gasteiger partial charge is 0.310 e. The molecule has 0 spiro atoms. The highest BCUT2D eigenvalue weighted by atomic mass is 15.2. The maximum atomic E-state index is 10.4. The van der Waals surface area contributed by atoms with E-state index in [1.807, 2.05) is 0 Å². The molecule has 4 heterocycles. The Hall–Kier alpha value is -7.82. The molecule has 4 aromatic heterocycles. The molecule has 9 aromatic carbocycles. The second-order valence-corrected chi connectivity index (χ2v) is 12.8. The number of fused-ring (bicyclic) bond motifs is 12. The molecule has 0 saturated carbocycles. The Morgan fingerprint density at radius 1 is 0.293 bits per heavy atom. The molecule has 0 aliphatic carbocycles. The predicted octanol–water partition coefficient (Wildman–Crippen LogP) is 14.9. The Morgan fingerprint density at radius 3 is 0.983 bits per heavy atom. The van der Waals surface area contributed by atoms with Crippen molar-refractivity contribution in [3.63, 3.8) is 0 Å².